The van der Waals surface area contributed by atoms with Crippen molar-refractivity contribution in [2.24, 2.45) is 0 Å². The predicted octanol–water partition coefficient (Wildman–Crippen LogP) is 2.93. The number of anilines is 1. The van der Waals surface area contributed by atoms with E-state index in [1.165, 1.54) is 28.4 Å². The molecule has 0 bridgehead atoms. The number of thiazole rings is 1. The fourth-order valence-electron chi connectivity index (χ4n) is 2.73. The number of quaternary nitrogens is 1. The summed E-state index contributed by atoms with van der Waals surface area (Å²) < 4.78 is 14.2. The Morgan fingerprint density at radius 1 is 1.19 bits per heavy atom. The highest BCUT2D eigenvalue weighted by molar-refractivity contribution is 7.22. The molecule has 1 aromatic heterocycles. The Hall–Kier alpha value is -2.31. The Kier molecular flexibility index (Phi) is 5.64. The van der Waals surface area contributed by atoms with Crippen molar-refractivity contribution in [3.8, 4) is 0 Å². The van der Waals surface area contributed by atoms with Crippen LogP contribution in [0, 0.1) is 12.7 Å². The van der Waals surface area contributed by atoms with Crippen LogP contribution in [0.4, 0.5) is 9.52 Å². The number of benzene rings is 2. The number of amides is 1. The molecule has 0 aliphatic carbocycles. The number of halogens is 1. The lowest BCUT2D eigenvalue weighted by Gasteiger charge is -2.20. The topological polar surface area (TPSA) is 37.6 Å². The molecule has 0 unspecified atom stereocenters. The van der Waals surface area contributed by atoms with E-state index in [-0.39, 0.29) is 11.7 Å². The number of carbonyl (C=O) groups excluding carboxylic acids is 1. The van der Waals surface area contributed by atoms with Crippen molar-refractivity contribution in [3.63, 3.8) is 0 Å². The predicted molar refractivity (Wildman–Crippen MR) is 105 cm³/mol. The summed E-state index contributed by atoms with van der Waals surface area (Å²) in [5.74, 6) is -0.362. The van der Waals surface area contributed by atoms with E-state index < -0.39 is 0 Å². The number of carbonyl (C=O) groups is 1. The van der Waals surface area contributed by atoms with Crippen LogP contribution in [-0.2, 0) is 0 Å². The smallest absolute Gasteiger partial charge is 0.260 e. The Bertz CT molecular complexity index is 905. The maximum absolute atomic E-state index is 13.5. The summed E-state index contributed by atoms with van der Waals surface area (Å²) in [5, 5.41) is 0.616. The van der Waals surface area contributed by atoms with Crippen LogP contribution in [0.3, 0.4) is 0 Å². The minimum atomic E-state index is -0.291. The first kappa shape index (κ1) is 18.5. The zero-order valence-electron chi connectivity index (χ0n) is 15.3. The molecule has 0 fully saturated rings. The Labute approximate surface area is 156 Å². The first-order valence-electron chi connectivity index (χ1n) is 8.67. The second kappa shape index (κ2) is 7.93. The summed E-state index contributed by atoms with van der Waals surface area (Å²) in [5.41, 5.74) is 2.46. The lowest BCUT2D eigenvalue weighted by Crippen LogP contribution is -3.05. The van der Waals surface area contributed by atoms with Crippen LogP contribution < -0.4 is 9.80 Å². The van der Waals surface area contributed by atoms with Gasteiger partial charge in [0.1, 0.15) is 5.82 Å². The van der Waals surface area contributed by atoms with Crippen LogP contribution >= 0.6 is 11.3 Å². The van der Waals surface area contributed by atoms with Crippen LogP contribution in [-0.4, -0.2) is 38.1 Å². The lowest BCUT2D eigenvalue weighted by molar-refractivity contribution is -0.858. The number of aryl methyl sites for hydroxylation is 1. The second-order valence-corrected chi connectivity index (χ2v) is 7.75. The molecule has 6 heteroatoms. The molecule has 26 heavy (non-hydrogen) atoms. The molecule has 0 aliphatic rings. The molecule has 0 atom stereocenters. The quantitative estimate of drug-likeness (QED) is 0.722. The van der Waals surface area contributed by atoms with Crippen molar-refractivity contribution in [1.29, 1.82) is 0 Å². The zero-order chi connectivity index (χ0) is 18.7. The summed E-state index contributed by atoms with van der Waals surface area (Å²) in [6, 6.07) is 12.1. The molecular weight excluding hydrogens is 349 g/mol. The molecule has 0 radical (unpaired) electrons. The number of rotatable bonds is 6. The normalized spacial score (nSPS) is 11.3. The van der Waals surface area contributed by atoms with E-state index >= 15 is 0 Å². The van der Waals surface area contributed by atoms with Crippen LogP contribution in [0.25, 0.3) is 10.2 Å². The second-order valence-electron chi connectivity index (χ2n) is 6.74. The van der Waals surface area contributed by atoms with Crippen molar-refractivity contribution < 1.29 is 14.1 Å². The number of nitrogens with one attached hydrogen (secondary N) is 1. The van der Waals surface area contributed by atoms with E-state index in [0.717, 1.165) is 23.2 Å². The molecule has 0 saturated heterocycles. The molecule has 0 saturated carbocycles. The van der Waals surface area contributed by atoms with E-state index in [4.69, 9.17) is 0 Å². The van der Waals surface area contributed by atoms with Gasteiger partial charge < -0.3 is 4.90 Å². The third kappa shape index (κ3) is 4.26. The summed E-state index contributed by atoms with van der Waals surface area (Å²) in [6.07, 6.45) is 0.865. The molecule has 2 aromatic carbocycles. The molecule has 1 heterocycles. The van der Waals surface area contributed by atoms with E-state index in [2.05, 4.69) is 19.1 Å². The highest BCUT2D eigenvalue weighted by Crippen LogP contribution is 2.30. The monoisotopic (exact) mass is 372 g/mol. The van der Waals surface area contributed by atoms with Gasteiger partial charge in [-0.25, -0.2) is 9.37 Å². The minimum Gasteiger partial charge on any atom is -0.340 e. The zero-order valence-corrected chi connectivity index (χ0v) is 16.1. The SMILES string of the molecule is Cc1ccc(C(=O)N(CCC[NH+](C)C)c2nc3ccc(F)cc3s2)cc1. The molecule has 1 amide bonds. The van der Waals surface area contributed by atoms with E-state index in [0.29, 0.717) is 22.8 Å². The molecular formula is C20H23FN3OS+. The van der Waals surface area contributed by atoms with Gasteiger partial charge in [0.05, 0.1) is 30.9 Å². The van der Waals surface area contributed by atoms with E-state index in [9.17, 15) is 9.18 Å². The Balaban J connectivity index is 1.92. The van der Waals surface area contributed by atoms with Crippen molar-refractivity contribution in [2.45, 2.75) is 13.3 Å². The van der Waals surface area contributed by atoms with Gasteiger partial charge >= 0.3 is 0 Å². The third-order valence-corrected chi connectivity index (χ3v) is 5.21. The number of aromatic nitrogens is 1. The van der Waals surface area contributed by atoms with Gasteiger partial charge in [0.15, 0.2) is 5.13 Å². The molecule has 1 N–H and O–H groups in total. The van der Waals surface area contributed by atoms with Crippen LogP contribution in [0.2, 0.25) is 0 Å². The number of nitrogens with zero attached hydrogens (tertiary/aromatic N) is 2. The van der Waals surface area contributed by atoms with E-state index in [1.54, 1.807) is 11.0 Å². The first-order chi connectivity index (χ1) is 12.4. The van der Waals surface area contributed by atoms with Crippen molar-refractivity contribution in [2.75, 3.05) is 32.1 Å². The van der Waals surface area contributed by atoms with Crippen LogP contribution in [0.5, 0.6) is 0 Å². The summed E-state index contributed by atoms with van der Waals surface area (Å²) >= 11 is 1.35. The highest BCUT2D eigenvalue weighted by atomic mass is 32.1. The molecule has 0 spiro atoms. The van der Waals surface area contributed by atoms with Crippen molar-refractivity contribution >= 4 is 32.6 Å². The van der Waals surface area contributed by atoms with Gasteiger partial charge in [-0.3, -0.25) is 9.69 Å². The largest absolute Gasteiger partial charge is 0.340 e. The van der Waals surface area contributed by atoms with Crippen molar-refractivity contribution in [1.82, 2.24) is 4.98 Å². The highest BCUT2D eigenvalue weighted by Gasteiger charge is 2.21. The van der Waals surface area contributed by atoms with Crippen LogP contribution in [0.15, 0.2) is 42.5 Å². The van der Waals surface area contributed by atoms with Gasteiger partial charge in [0.2, 0.25) is 0 Å². The number of hydrogen-bond donors (Lipinski definition) is 1. The summed E-state index contributed by atoms with van der Waals surface area (Å²) in [6.45, 7) is 3.53. The fraction of sp³-hybridized carbons (Fsp3) is 0.300. The number of fused-ring (bicyclic) bond motifs is 1. The molecule has 3 rings (SSSR count). The first-order valence-corrected chi connectivity index (χ1v) is 9.49. The summed E-state index contributed by atoms with van der Waals surface area (Å²) in [4.78, 5) is 20.7. The van der Waals surface area contributed by atoms with Gasteiger partial charge in [-0.2, -0.15) is 0 Å². The molecule has 136 valence electrons. The average molecular weight is 372 g/mol. The Morgan fingerprint density at radius 2 is 1.92 bits per heavy atom. The lowest BCUT2D eigenvalue weighted by atomic mass is 10.1. The van der Waals surface area contributed by atoms with Gasteiger partial charge in [0.25, 0.3) is 5.91 Å². The number of hydrogen-bond acceptors (Lipinski definition) is 3. The maximum Gasteiger partial charge on any atom is 0.260 e. The third-order valence-electron chi connectivity index (χ3n) is 4.17. The maximum atomic E-state index is 13.5. The van der Waals surface area contributed by atoms with Crippen LogP contribution in [0.1, 0.15) is 22.3 Å². The van der Waals surface area contributed by atoms with Crippen molar-refractivity contribution in [3.05, 3.63) is 59.4 Å². The summed E-state index contributed by atoms with van der Waals surface area (Å²) in [7, 11) is 4.18. The van der Waals surface area contributed by atoms with E-state index in [1.807, 2.05) is 31.2 Å². The molecule has 3 aromatic rings. The van der Waals surface area contributed by atoms with Gasteiger partial charge in [0, 0.05) is 18.5 Å². The van der Waals surface area contributed by atoms with Gasteiger partial charge in [-0.1, -0.05) is 29.0 Å². The molecule has 4 nitrogen and oxygen atoms in total. The average Bonchev–Trinajstić information content (AvgIpc) is 3.01. The van der Waals surface area contributed by atoms with Gasteiger partial charge in [-0.05, 0) is 37.3 Å². The standard InChI is InChI=1S/C20H22FN3OS/c1-14-5-7-15(8-6-14)19(25)24(12-4-11-23(2)3)20-22-17-10-9-16(21)13-18(17)26-20/h5-10,13H,4,11-12H2,1-3H3/p+1. The van der Waals surface area contributed by atoms with Gasteiger partial charge in [-0.15, -0.1) is 0 Å². The Morgan fingerprint density at radius 3 is 2.62 bits per heavy atom. The molecule has 0 aliphatic heterocycles. The minimum absolute atomic E-state index is 0.0710. The fourth-order valence-corrected chi connectivity index (χ4v) is 3.74.